The van der Waals surface area contributed by atoms with Gasteiger partial charge in [0.2, 0.25) is 0 Å². The van der Waals surface area contributed by atoms with Gasteiger partial charge in [0.15, 0.2) is 0 Å². The largest absolute Gasteiger partial charge is 0.480 e. The second-order valence-corrected chi connectivity index (χ2v) is 9.37. The van der Waals surface area contributed by atoms with Crippen LogP contribution in [0.1, 0.15) is 65.8 Å². The van der Waals surface area contributed by atoms with Gasteiger partial charge < -0.3 is 15.2 Å². The first kappa shape index (κ1) is 27.5. The summed E-state index contributed by atoms with van der Waals surface area (Å²) in [6.07, 6.45) is 3.35. The van der Waals surface area contributed by atoms with Crippen LogP contribution in [0, 0.1) is 6.92 Å². The van der Waals surface area contributed by atoms with Crippen molar-refractivity contribution in [3.05, 3.63) is 95.1 Å². The van der Waals surface area contributed by atoms with Crippen molar-refractivity contribution >= 4 is 24.5 Å². The first-order valence-electron chi connectivity index (χ1n) is 12.4. The molecule has 0 saturated heterocycles. The summed E-state index contributed by atoms with van der Waals surface area (Å²) in [6, 6.07) is 22.7. The Morgan fingerprint density at radius 1 is 0.972 bits per heavy atom. The molecule has 0 aliphatic rings. The summed E-state index contributed by atoms with van der Waals surface area (Å²) in [6.45, 7) is 4.57. The van der Waals surface area contributed by atoms with Gasteiger partial charge in [-0.2, -0.15) is 12.6 Å². The summed E-state index contributed by atoms with van der Waals surface area (Å²) in [7, 11) is 0. The molecule has 2 atom stereocenters. The highest BCUT2D eigenvalue weighted by Gasteiger charge is 2.22. The smallest absolute Gasteiger partial charge is 0.326 e. The van der Waals surface area contributed by atoms with Crippen molar-refractivity contribution in [2.24, 2.45) is 0 Å². The van der Waals surface area contributed by atoms with Crippen LogP contribution in [-0.2, 0) is 16.1 Å². The number of unbranched alkanes of at least 4 members (excludes halogenated alkanes) is 1. The number of rotatable bonds is 13. The van der Waals surface area contributed by atoms with Crippen LogP contribution in [0.4, 0.5) is 0 Å². The lowest BCUT2D eigenvalue weighted by atomic mass is 9.93. The zero-order valence-electron chi connectivity index (χ0n) is 20.9. The second-order valence-electron chi connectivity index (χ2n) is 8.92. The van der Waals surface area contributed by atoms with E-state index in [1.165, 1.54) is 0 Å². The molecule has 1 amide bonds. The van der Waals surface area contributed by atoms with Crippen LogP contribution in [0.15, 0.2) is 72.8 Å². The third-order valence-electron chi connectivity index (χ3n) is 6.23. The van der Waals surface area contributed by atoms with Crippen molar-refractivity contribution in [2.75, 3.05) is 5.75 Å². The van der Waals surface area contributed by atoms with Gasteiger partial charge >= 0.3 is 5.97 Å². The van der Waals surface area contributed by atoms with Crippen molar-refractivity contribution in [1.82, 2.24) is 5.32 Å². The Morgan fingerprint density at radius 2 is 1.69 bits per heavy atom. The van der Waals surface area contributed by atoms with Gasteiger partial charge in [-0.3, -0.25) is 4.79 Å². The lowest BCUT2D eigenvalue weighted by molar-refractivity contribution is -0.139. The number of hydrogen-bond acceptors (Lipinski definition) is 4. The van der Waals surface area contributed by atoms with Crippen molar-refractivity contribution in [3.63, 3.8) is 0 Å². The van der Waals surface area contributed by atoms with E-state index in [4.69, 9.17) is 4.74 Å². The number of aliphatic carboxylic acids is 1. The molecule has 0 aliphatic carbocycles. The van der Waals surface area contributed by atoms with E-state index in [1.807, 2.05) is 61.5 Å². The van der Waals surface area contributed by atoms with E-state index in [0.717, 1.165) is 47.1 Å². The average Bonchev–Trinajstić information content (AvgIpc) is 2.89. The summed E-state index contributed by atoms with van der Waals surface area (Å²) in [5.41, 5.74) is 5.25. The van der Waals surface area contributed by atoms with E-state index in [0.29, 0.717) is 17.9 Å². The Balaban J connectivity index is 1.90. The Kier molecular flexibility index (Phi) is 10.6. The molecule has 0 fully saturated rings. The number of carboxylic acids is 1. The third kappa shape index (κ3) is 7.45. The van der Waals surface area contributed by atoms with E-state index in [2.05, 4.69) is 37.0 Å². The minimum atomic E-state index is -1.07. The maximum Gasteiger partial charge on any atom is 0.326 e. The number of benzene rings is 3. The monoisotopic (exact) mass is 505 g/mol. The lowest BCUT2D eigenvalue weighted by Gasteiger charge is -2.20. The van der Waals surface area contributed by atoms with E-state index < -0.39 is 17.9 Å². The van der Waals surface area contributed by atoms with E-state index in [-0.39, 0.29) is 12.5 Å². The fraction of sp³-hybridized carbons (Fsp3) is 0.333. The molecule has 0 heterocycles. The maximum absolute atomic E-state index is 13.2. The molecule has 2 N–H and O–H groups in total. The molecule has 0 spiro atoms. The standard InChI is InChI=1S/C30H35NO4S/c1-3-4-14-28(23-11-6-5-7-12-23)35-20-22-15-16-25(29(32)31-27(17-18-36)30(33)34)26(19-22)24-13-9-8-10-21(24)2/h5-13,15-16,19,27-28,36H,3-4,14,17-18,20H2,1-2H3,(H,31,32)(H,33,34)/t27-,28-/m0/s1. The molecule has 5 nitrogen and oxygen atoms in total. The number of thiol groups is 1. The third-order valence-corrected chi connectivity index (χ3v) is 6.49. The number of carboxylic acid groups (broad SMARTS) is 1. The predicted molar refractivity (Wildman–Crippen MR) is 147 cm³/mol. The molecule has 3 rings (SSSR count). The fourth-order valence-corrected chi connectivity index (χ4v) is 4.46. The SMILES string of the molecule is CCCC[C@H](OCc1ccc(C(=O)N[C@@H](CCS)C(=O)O)c(-c2ccccc2C)c1)c1ccccc1. The van der Waals surface area contributed by atoms with Gasteiger partial charge in [-0.15, -0.1) is 0 Å². The molecule has 0 aliphatic heterocycles. The Hall–Kier alpha value is -3.09. The Labute approximate surface area is 219 Å². The minimum absolute atomic E-state index is 0.00593. The maximum atomic E-state index is 13.2. The number of carbonyl (C=O) groups excluding carboxylic acids is 1. The first-order valence-corrected chi connectivity index (χ1v) is 13.1. The topological polar surface area (TPSA) is 75.6 Å². The second kappa shape index (κ2) is 13.9. The van der Waals surface area contributed by atoms with Crippen LogP contribution < -0.4 is 5.32 Å². The van der Waals surface area contributed by atoms with Crippen molar-refractivity contribution in [3.8, 4) is 11.1 Å². The zero-order valence-corrected chi connectivity index (χ0v) is 21.8. The predicted octanol–water partition coefficient (Wildman–Crippen LogP) is 6.61. The molecule has 0 aromatic heterocycles. The van der Waals surface area contributed by atoms with E-state index in [1.54, 1.807) is 6.07 Å². The molecule has 0 radical (unpaired) electrons. The normalized spacial score (nSPS) is 12.6. The minimum Gasteiger partial charge on any atom is -0.480 e. The Bertz CT molecular complexity index is 1150. The van der Waals surface area contributed by atoms with Crippen LogP contribution in [0.5, 0.6) is 0 Å². The van der Waals surface area contributed by atoms with Crippen molar-refractivity contribution in [1.29, 1.82) is 0 Å². The van der Waals surface area contributed by atoms with Gasteiger partial charge in [0.1, 0.15) is 6.04 Å². The highest BCUT2D eigenvalue weighted by molar-refractivity contribution is 7.80. The fourth-order valence-electron chi connectivity index (χ4n) is 4.20. The van der Waals surface area contributed by atoms with Crippen LogP contribution in [-0.4, -0.2) is 28.8 Å². The molecule has 6 heteroatoms. The van der Waals surface area contributed by atoms with Gasteiger partial charge in [-0.05, 0) is 65.5 Å². The number of carbonyl (C=O) groups is 2. The number of hydrogen-bond donors (Lipinski definition) is 3. The first-order chi connectivity index (χ1) is 17.4. The number of nitrogens with one attached hydrogen (secondary N) is 1. The lowest BCUT2D eigenvalue weighted by Crippen LogP contribution is -2.41. The summed E-state index contributed by atoms with van der Waals surface area (Å²) >= 11 is 4.13. The summed E-state index contributed by atoms with van der Waals surface area (Å²) in [5.74, 6) is -1.13. The molecule has 3 aromatic rings. The molecule has 36 heavy (non-hydrogen) atoms. The van der Waals surface area contributed by atoms with Crippen LogP contribution in [0.25, 0.3) is 11.1 Å². The van der Waals surface area contributed by atoms with Gasteiger partial charge in [0, 0.05) is 5.56 Å². The number of amides is 1. The molecule has 3 aromatic carbocycles. The van der Waals surface area contributed by atoms with Gasteiger partial charge in [0.05, 0.1) is 12.7 Å². The molecule has 0 saturated carbocycles. The summed E-state index contributed by atoms with van der Waals surface area (Å²) in [5, 5.41) is 12.1. The zero-order chi connectivity index (χ0) is 25.9. The van der Waals surface area contributed by atoms with Crippen LogP contribution in [0.3, 0.4) is 0 Å². The number of aryl methyl sites for hydroxylation is 1. The van der Waals surface area contributed by atoms with Crippen molar-refractivity contribution < 1.29 is 19.4 Å². The molecule has 190 valence electrons. The highest BCUT2D eigenvalue weighted by Crippen LogP contribution is 2.30. The molecule has 0 unspecified atom stereocenters. The summed E-state index contributed by atoms with van der Waals surface area (Å²) in [4.78, 5) is 24.8. The van der Waals surface area contributed by atoms with Gasteiger partial charge in [-0.25, -0.2) is 4.79 Å². The van der Waals surface area contributed by atoms with E-state index >= 15 is 0 Å². The highest BCUT2D eigenvalue weighted by atomic mass is 32.1. The molecular formula is C30H35NO4S. The van der Waals surface area contributed by atoms with Gasteiger partial charge in [0.25, 0.3) is 5.91 Å². The number of ether oxygens (including phenoxy) is 1. The average molecular weight is 506 g/mol. The van der Waals surface area contributed by atoms with E-state index in [9.17, 15) is 14.7 Å². The molecule has 0 bridgehead atoms. The van der Waals surface area contributed by atoms with Crippen molar-refractivity contribution in [2.45, 2.75) is 58.3 Å². The van der Waals surface area contributed by atoms with Crippen LogP contribution in [0.2, 0.25) is 0 Å². The van der Waals surface area contributed by atoms with Gasteiger partial charge in [-0.1, -0.05) is 80.4 Å². The summed E-state index contributed by atoms with van der Waals surface area (Å²) < 4.78 is 6.38. The van der Waals surface area contributed by atoms with Crippen LogP contribution >= 0.6 is 12.6 Å². The Morgan fingerprint density at radius 3 is 2.36 bits per heavy atom. The quantitative estimate of drug-likeness (QED) is 0.228. The molecular weight excluding hydrogens is 470 g/mol.